The summed E-state index contributed by atoms with van der Waals surface area (Å²) in [6.07, 6.45) is 2.52. The van der Waals surface area contributed by atoms with Crippen LogP contribution in [0, 0.1) is 0 Å². The van der Waals surface area contributed by atoms with Gasteiger partial charge in [0.15, 0.2) is 0 Å². The molecule has 2 aliphatic heterocycles. The van der Waals surface area contributed by atoms with Gasteiger partial charge < -0.3 is 19.9 Å². The molecule has 2 saturated heterocycles. The molecule has 1 amide bonds. The molecule has 122 valence electrons. The zero-order valence-electron chi connectivity index (χ0n) is 13.5. The van der Waals surface area contributed by atoms with E-state index in [0.717, 1.165) is 32.7 Å². The number of likely N-dealkylation sites (N-methyl/N-ethyl adjacent to an activating group) is 1. The number of nitrogens with zero attached hydrogens (tertiary/aromatic N) is 3. The number of carbonyl (C=O) groups is 1. The molecule has 2 rings (SSSR count). The SMILES string of the molecule is CNCCOCC(=O)N1CCN(C2CCN(C)CC2)CC1. The topological polar surface area (TPSA) is 48.1 Å². The number of hydrogen-bond donors (Lipinski definition) is 1. The summed E-state index contributed by atoms with van der Waals surface area (Å²) in [5.41, 5.74) is 0. The van der Waals surface area contributed by atoms with E-state index in [-0.39, 0.29) is 12.5 Å². The number of carbonyl (C=O) groups excluding carboxylic acids is 1. The monoisotopic (exact) mass is 298 g/mol. The van der Waals surface area contributed by atoms with Crippen molar-refractivity contribution in [2.45, 2.75) is 18.9 Å². The Labute approximate surface area is 128 Å². The van der Waals surface area contributed by atoms with Gasteiger partial charge in [-0.25, -0.2) is 0 Å². The van der Waals surface area contributed by atoms with Gasteiger partial charge in [0, 0.05) is 38.8 Å². The summed E-state index contributed by atoms with van der Waals surface area (Å²) in [5, 5.41) is 3.01. The molecule has 0 aromatic rings. The number of piperazine rings is 1. The highest BCUT2D eigenvalue weighted by Crippen LogP contribution is 2.17. The van der Waals surface area contributed by atoms with Crippen molar-refractivity contribution in [3.63, 3.8) is 0 Å². The molecule has 0 spiro atoms. The Morgan fingerprint density at radius 3 is 2.43 bits per heavy atom. The lowest BCUT2D eigenvalue weighted by atomic mass is 10.0. The van der Waals surface area contributed by atoms with Crippen LogP contribution in [0.3, 0.4) is 0 Å². The third-order valence-electron chi connectivity index (χ3n) is 4.59. The second-order valence-corrected chi connectivity index (χ2v) is 6.11. The van der Waals surface area contributed by atoms with Crippen LogP contribution in [0.4, 0.5) is 0 Å². The zero-order chi connectivity index (χ0) is 15.1. The second kappa shape index (κ2) is 8.68. The van der Waals surface area contributed by atoms with Gasteiger partial charge in [-0.3, -0.25) is 9.69 Å². The highest BCUT2D eigenvalue weighted by atomic mass is 16.5. The third kappa shape index (κ3) is 5.21. The minimum atomic E-state index is 0.133. The average Bonchev–Trinajstić information content (AvgIpc) is 2.52. The minimum absolute atomic E-state index is 0.133. The van der Waals surface area contributed by atoms with Crippen LogP contribution in [0.2, 0.25) is 0 Å². The first-order chi connectivity index (χ1) is 10.2. The van der Waals surface area contributed by atoms with Gasteiger partial charge in [0.1, 0.15) is 6.61 Å². The second-order valence-electron chi connectivity index (χ2n) is 6.11. The summed E-state index contributed by atoms with van der Waals surface area (Å²) >= 11 is 0. The molecule has 0 aliphatic carbocycles. The van der Waals surface area contributed by atoms with E-state index in [1.165, 1.54) is 25.9 Å². The number of amides is 1. The molecular formula is C15H30N4O2. The normalized spacial score (nSPS) is 22.7. The van der Waals surface area contributed by atoms with Gasteiger partial charge in [-0.15, -0.1) is 0 Å². The van der Waals surface area contributed by atoms with Crippen molar-refractivity contribution < 1.29 is 9.53 Å². The molecule has 2 fully saturated rings. The van der Waals surface area contributed by atoms with Crippen LogP contribution in [-0.2, 0) is 9.53 Å². The molecule has 0 aromatic heterocycles. The predicted molar refractivity (Wildman–Crippen MR) is 83.4 cm³/mol. The van der Waals surface area contributed by atoms with Crippen LogP contribution in [0.5, 0.6) is 0 Å². The summed E-state index contributed by atoms with van der Waals surface area (Å²) in [5.74, 6) is 0.133. The summed E-state index contributed by atoms with van der Waals surface area (Å²) in [6, 6.07) is 0.713. The Morgan fingerprint density at radius 1 is 1.14 bits per heavy atom. The highest BCUT2D eigenvalue weighted by molar-refractivity contribution is 5.77. The molecule has 2 heterocycles. The van der Waals surface area contributed by atoms with E-state index in [1.807, 2.05) is 11.9 Å². The predicted octanol–water partition coefficient (Wildman–Crippen LogP) is -0.539. The zero-order valence-corrected chi connectivity index (χ0v) is 13.5. The first-order valence-corrected chi connectivity index (χ1v) is 8.13. The van der Waals surface area contributed by atoms with Crippen molar-refractivity contribution in [3.8, 4) is 0 Å². The van der Waals surface area contributed by atoms with Crippen molar-refractivity contribution in [2.24, 2.45) is 0 Å². The molecule has 2 aliphatic rings. The van der Waals surface area contributed by atoms with Crippen molar-refractivity contribution in [3.05, 3.63) is 0 Å². The Kier molecular flexibility index (Phi) is 6.89. The lowest BCUT2D eigenvalue weighted by Crippen LogP contribution is -2.54. The lowest BCUT2D eigenvalue weighted by molar-refractivity contribution is -0.138. The van der Waals surface area contributed by atoms with E-state index in [2.05, 4.69) is 22.2 Å². The Bertz CT molecular complexity index is 311. The number of rotatable bonds is 6. The molecular weight excluding hydrogens is 268 g/mol. The maximum atomic E-state index is 12.0. The summed E-state index contributed by atoms with van der Waals surface area (Å²) in [4.78, 5) is 19.0. The van der Waals surface area contributed by atoms with Gasteiger partial charge in [-0.1, -0.05) is 0 Å². The van der Waals surface area contributed by atoms with Crippen LogP contribution >= 0.6 is 0 Å². The van der Waals surface area contributed by atoms with Crippen molar-refractivity contribution in [1.29, 1.82) is 0 Å². The number of piperidine rings is 1. The van der Waals surface area contributed by atoms with Crippen LogP contribution in [-0.4, -0.2) is 99.8 Å². The first kappa shape index (κ1) is 16.7. The summed E-state index contributed by atoms with van der Waals surface area (Å²) in [6.45, 7) is 7.71. The van der Waals surface area contributed by atoms with Crippen LogP contribution in [0.25, 0.3) is 0 Å². The fourth-order valence-electron chi connectivity index (χ4n) is 3.12. The van der Waals surface area contributed by atoms with Crippen molar-refractivity contribution in [2.75, 3.05) is 73.1 Å². The van der Waals surface area contributed by atoms with Gasteiger partial charge in [-0.05, 0) is 40.0 Å². The number of ether oxygens (including phenoxy) is 1. The number of nitrogens with one attached hydrogen (secondary N) is 1. The molecule has 0 unspecified atom stereocenters. The molecule has 0 aromatic carbocycles. The summed E-state index contributed by atoms with van der Waals surface area (Å²) < 4.78 is 5.37. The van der Waals surface area contributed by atoms with Gasteiger partial charge in [0.25, 0.3) is 0 Å². The van der Waals surface area contributed by atoms with E-state index in [9.17, 15) is 4.79 Å². The van der Waals surface area contributed by atoms with Gasteiger partial charge in [-0.2, -0.15) is 0 Å². The Balaban J connectivity index is 1.64. The standard InChI is InChI=1S/C15H30N4O2/c1-16-5-12-21-13-15(20)19-10-8-18(9-11-19)14-3-6-17(2)7-4-14/h14,16H,3-13H2,1-2H3. The van der Waals surface area contributed by atoms with Gasteiger partial charge in [0.2, 0.25) is 5.91 Å². The van der Waals surface area contributed by atoms with E-state index in [1.54, 1.807) is 0 Å². The maximum Gasteiger partial charge on any atom is 0.248 e. The van der Waals surface area contributed by atoms with Crippen LogP contribution in [0.1, 0.15) is 12.8 Å². The molecule has 1 N–H and O–H groups in total. The van der Waals surface area contributed by atoms with Crippen LogP contribution in [0.15, 0.2) is 0 Å². The van der Waals surface area contributed by atoms with E-state index in [4.69, 9.17) is 4.74 Å². The maximum absolute atomic E-state index is 12.0. The molecule has 6 nitrogen and oxygen atoms in total. The van der Waals surface area contributed by atoms with E-state index >= 15 is 0 Å². The fraction of sp³-hybridized carbons (Fsp3) is 0.933. The molecule has 21 heavy (non-hydrogen) atoms. The fourth-order valence-corrected chi connectivity index (χ4v) is 3.12. The molecule has 0 saturated carbocycles. The lowest BCUT2D eigenvalue weighted by Gasteiger charge is -2.42. The molecule has 0 atom stereocenters. The number of hydrogen-bond acceptors (Lipinski definition) is 5. The Morgan fingerprint density at radius 2 is 1.81 bits per heavy atom. The van der Waals surface area contributed by atoms with E-state index < -0.39 is 0 Å². The average molecular weight is 298 g/mol. The van der Waals surface area contributed by atoms with Gasteiger partial charge >= 0.3 is 0 Å². The molecule has 6 heteroatoms. The van der Waals surface area contributed by atoms with Crippen LogP contribution < -0.4 is 5.32 Å². The summed E-state index contributed by atoms with van der Waals surface area (Å²) in [7, 11) is 4.08. The first-order valence-electron chi connectivity index (χ1n) is 8.13. The smallest absolute Gasteiger partial charge is 0.248 e. The highest BCUT2D eigenvalue weighted by Gasteiger charge is 2.27. The van der Waals surface area contributed by atoms with Gasteiger partial charge in [0.05, 0.1) is 6.61 Å². The molecule has 0 bridgehead atoms. The number of likely N-dealkylation sites (tertiary alicyclic amines) is 1. The van der Waals surface area contributed by atoms with Crippen molar-refractivity contribution >= 4 is 5.91 Å². The quantitative estimate of drug-likeness (QED) is 0.668. The van der Waals surface area contributed by atoms with E-state index in [0.29, 0.717) is 12.6 Å². The third-order valence-corrected chi connectivity index (χ3v) is 4.59. The van der Waals surface area contributed by atoms with Crippen molar-refractivity contribution in [1.82, 2.24) is 20.0 Å². The Hall–Kier alpha value is -0.690. The molecule has 0 radical (unpaired) electrons. The minimum Gasteiger partial charge on any atom is -0.370 e. The largest absolute Gasteiger partial charge is 0.370 e.